The van der Waals surface area contributed by atoms with Gasteiger partial charge in [-0.2, -0.15) is 0 Å². The highest BCUT2D eigenvalue weighted by molar-refractivity contribution is 8.18. The van der Waals surface area contributed by atoms with Crippen molar-refractivity contribution in [2.45, 2.75) is 13.5 Å². The van der Waals surface area contributed by atoms with Crippen LogP contribution in [0.15, 0.2) is 70.6 Å². The molecule has 4 rings (SSSR count). The van der Waals surface area contributed by atoms with E-state index in [0.717, 1.165) is 11.1 Å². The second-order valence-corrected chi connectivity index (χ2v) is 8.10. The third kappa shape index (κ3) is 4.59. The van der Waals surface area contributed by atoms with Crippen LogP contribution in [0.3, 0.4) is 0 Å². The second-order valence-electron chi connectivity index (χ2n) is 7.09. The van der Waals surface area contributed by atoms with Crippen molar-refractivity contribution in [3.05, 3.63) is 76.7 Å². The molecule has 3 aromatic rings. The van der Waals surface area contributed by atoms with Gasteiger partial charge in [-0.15, -0.1) is 0 Å². The Hall–Kier alpha value is -3.25. The maximum absolute atomic E-state index is 12.4. The predicted molar refractivity (Wildman–Crippen MR) is 128 cm³/mol. The molecule has 3 aromatic carbocycles. The highest BCUT2D eigenvalue weighted by Gasteiger charge is 2.29. The van der Waals surface area contributed by atoms with Crippen LogP contribution >= 0.6 is 11.8 Å². The fourth-order valence-electron chi connectivity index (χ4n) is 3.39. The number of hydrogen-bond donors (Lipinski definition) is 0. The molecule has 0 saturated carbocycles. The van der Waals surface area contributed by atoms with E-state index >= 15 is 0 Å². The van der Waals surface area contributed by atoms with Gasteiger partial charge in [0.1, 0.15) is 6.61 Å². The number of aliphatic imine (C=N–C) groups is 1. The van der Waals surface area contributed by atoms with Crippen molar-refractivity contribution in [3.8, 4) is 11.5 Å². The first-order chi connectivity index (χ1) is 15.1. The summed E-state index contributed by atoms with van der Waals surface area (Å²) in [6, 6.07) is 20.3. The predicted octanol–water partition coefficient (Wildman–Crippen LogP) is 5.35. The normalized spacial score (nSPS) is 16.5. The van der Waals surface area contributed by atoms with Gasteiger partial charge in [0.2, 0.25) is 0 Å². The third-order valence-corrected chi connectivity index (χ3v) is 6.12. The maximum atomic E-state index is 12.4. The monoisotopic (exact) mass is 432 g/mol. The molecule has 0 radical (unpaired) electrons. The first-order valence-electron chi connectivity index (χ1n) is 10.1. The molecule has 6 heteroatoms. The zero-order valence-electron chi connectivity index (χ0n) is 17.8. The number of likely N-dealkylation sites (N-methyl/N-ethyl adjacent to an activating group) is 1. The van der Waals surface area contributed by atoms with Gasteiger partial charge in [0.25, 0.3) is 5.91 Å². The van der Waals surface area contributed by atoms with Crippen LogP contribution in [0, 0.1) is 0 Å². The summed E-state index contributed by atoms with van der Waals surface area (Å²) in [7, 11) is 3.41. The van der Waals surface area contributed by atoms with Gasteiger partial charge < -0.3 is 9.47 Å². The minimum absolute atomic E-state index is 0.0554. The lowest BCUT2D eigenvalue weighted by Gasteiger charge is -2.13. The number of fused-ring (bicyclic) bond motifs is 1. The molecule has 0 aliphatic carbocycles. The minimum Gasteiger partial charge on any atom is -0.490 e. The van der Waals surface area contributed by atoms with Crippen molar-refractivity contribution in [3.63, 3.8) is 0 Å². The summed E-state index contributed by atoms with van der Waals surface area (Å²) in [5.41, 5.74) is 1.97. The Morgan fingerprint density at radius 3 is 2.55 bits per heavy atom. The van der Waals surface area contributed by atoms with E-state index in [1.807, 2.05) is 43.3 Å². The van der Waals surface area contributed by atoms with Crippen LogP contribution in [0.1, 0.15) is 18.1 Å². The SMILES string of the molecule is CCOc1cc(C=C2SC(=NC)N(C)C2=O)ccc1OCc1ccc2ccccc2c1. The zero-order chi connectivity index (χ0) is 21.8. The highest BCUT2D eigenvalue weighted by atomic mass is 32.2. The Bertz CT molecular complexity index is 1190. The van der Waals surface area contributed by atoms with Crippen molar-refractivity contribution < 1.29 is 14.3 Å². The van der Waals surface area contributed by atoms with E-state index in [1.54, 1.807) is 19.0 Å². The van der Waals surface area contributed by atoms with Crippen LogP contribution in [0.2, 0.25) is 0 Å². The molecule has 1 amide bonds. The molecular formula is C25H24N2O3S. The Labute approximate surface area is 186 Å². The van der Waals surface area contributed by atoms with Crippen molar-refractivity contribution in [1.82, 2.24) is 4.90 Å². The number of carbonyl (C=O) groups is 1. The second kappa shape index (κ2) is 9.27. The van der Waals surface area contributed by atoms with E-state index in [-0.39, 0.29) is 5.91 Å². The summed E-state index contributed by atoms with van der Waals surface area (Å²) >= 11 is 1.37. The summed E-state index contributed by atoms with van der Waals surface area (Å²) in [6.45, 7) is 2.91. The number of nitrogens with zero attached hydrogens (tertiary/aromatic N) is 2. The van der Waals surface area contributed by atoms with Gasteiger partial charge in [0.05, 0.1) is 11.5 Å². The lowest BCUT2D eigenvalue weighted by molar-refractivity contribution is -0.121. The summed E-state index contributed by atoms with van der Waals surface area (Å²) in [4.78, 5) is 18.7. The Morgan fingerprint density at radius 1 is 1.00 bits per heavy atom. The summed E-state index contributed by atoms with van der Waals surface area (Å²) in [6.07, 6.45) is 1.86. The van der Waals surface area contributed by atoms with Gasteiger partial charge in [-0.3, -0.25) is 14.7 Å². The number of amides is 1. The minimum atomic E-state index is -0.0554. The van der Waals surface area contributed by atoms with Crippen LogP contribution < -0.4 is 9.47 Å². The van der Waals surface area contributed by atoms with Crippen LogP contribution in [0.25, 0.3) is 16.8 Å². The highest BCUT2D eigenvalue weighted by Crippen LogP contribution is 2.34. The van der Waals surface area contributed by atoms with Crippen molar-refractivity contribution >= 4 is 39.7 Å². The molecule has 5 nitrogen and oxygen atoms in total. The Kier molecular flexibility index (Phi) is 6.28. The van der Waals surface area contributed by atoms with Crippen LogP contribution in [0.4, 0.5) is 0 Å². The van der Waals surface area contributed by atoms with E-state index in [2.05, 4.69) is 35.3 Å². The molecule has 31 heavy (non-hydrogen) atoms. The zero-order valence-corrected chi connectivity index (χ0v) is 18.6. The molecule has 1 heterocycles. The molecule has 158 valence electrons. The topological polar surface area (TPSA) is 51.1 Å². The summed E-state index contributed by atoms with van der Waals surface area (Å²) < 4.78 is 11.9. The summed E-state index contributed by atoms with van der Waals surface area (Å²) in [5, 5.41) is 3.09. The third-order valence-electron chi connectivity index (χ3n) is 4.97. The first-order valence-corrected chi connectivity index (χ1v) is 10.9. The average Bonchev–Trinajstić information content (AvgIpc) is 3.06. The number of amidine groups is 1. The molecule has 0 aromatic heterocycles. The average molecular weight is 433 g/mol. The standard InChI is InChI=1S/C25H24N2O3S/c1-4-29-22-14-17(15-23-24(28)27(3)25(26-2)31-23)10-12-21(22)30-16-18-9-11-19-7-5-6-8-20(19)13-18/h5-15H,4,16H2,1-3H3. The number of hydrogen-bond acceptors (Lipinski definition) is 5. The van der Waals surface area contributed by atoms with E-state index in [1.165, 1.54) is 22.5 Å². The lowest BCUT2D eigenvalue weighted by Crippen LogP contribution is -2.23. The van der Waals surface area contributed by atoms with Crippen LogP contribution in [-0.4, -0.2) is 36.7 Å². The van der Waals surface area contributed by atoms with Crippen LogP contribution in [0.5, 0.6) is 11.5 Å². The summed E-state index contributed by atoms with van der Waals surface area (Å²) in [5.74, 6) is 1.28. The number of thioether (sulfide) groups is 1. The molecule has 0 atom stereocenters. The quantitative estimate of drug-likeness (QED) is 0.493. The fourth-order valence-corrected chi connectivity index (χ4v) is 4.32. The number of ether oxygens (including phenoxy) is 2. The van der Waals surface area contributed by atoms with E-state index in [4.69, 9.17) is 9.47 Å². The Balaban J connectivity index is 1.54. The molecule has 0 bridgehead atoms. The molecule has 1 saturated heterocycles. The van der Waals surface area contributed by atoms with Gasteiger partial charge in [0, 0.05) is 14.1 Å². The van der Waals surface area contributed by atoms with Crippen molar-refractivity contribution in [2.75, 3.05) is 20.7 Å². The molecule has 0 unspecified atom stereocenters. The molecule has 0 N–H and O–H groups in total. The molecule has 1 fully saturated rings. The number of benzene rings is 3. The van der Waals surface area contributed by atoms with E-state index in [0.29, 0.717) is 34.8 Å². The van der Waals surface area contributed by atoms with Gasteiger partial charge in [-0.1, -0.05) is 42.5 Å². The first kappa shape index (κ1) is 21.0. The van der Waals surface area contributed by atoms with E-state index < -0.39 is 0 Å². The van der Waals surface area contributed by atoms with E-state index in [9.17, 15) is 4.79 Å². The fraction of sp³-hybridized carbons (Fsp3) is 0.200. The van der Waals surface area contributed by atoms with Gasteiger partial charge in [0.15, 0.2) is 16.7 Å². The van der Waals surface area contributed by atoms with Crippen molar-refractivity contribution in [2.24, 2.45) is 4.99 Å². The molecule has 1 aliphatic rings. The molecule has 0 spiro atoms. The Morgan fingerprint density at radius 2 is 1.81 bits per heavy atom. The van der Waals surface area contributed by atoms with Crippen molar-refractivity contribution in [1.29, 1.82) is 0 Å². The molecular weight excluding hydrogens is 408 g/mol. The van der Waals surface area contributed by atoms with Crippen LogP contribution in [-0.2, 0) is 11.4 Å². The molecule has 1 aliphatic heterocycles. The lowest BCUT2D eigenvalue weighted by atomic mass is 10.1. The largest absolute Gasteiger partial charge is 0.490 e. The smallest absolute Gasteiger partial charge is 0.266 e. The maximum Gasteiger partial charge on any atom is 0.266 e. The van der Waals surface area contributed by atoms with Gasteiger partial charge in [-0.05, 0) is 64.9 Å². The van der Waals surface area contributed by atoms with Gasteiger partial charge >= 0.3 is 0 Å². The number of rotatable bonds is 6. The number of carbonyl (C=O) groups excluding carboxylic acids is 1. The van der Waals surface area contributed by atoms with Gasteiger partial charge in [-0.25, -0.2) is 0 Å².